The second-order valence-electron chi connectivity index (χ2n) is 4.82. The van der Waals surface area contributed by atoms with E-state index in [1.807, 2.05) is 0 Å². The van der Waals surface area contributed by atoms with Gasteiger partial charge in [-0.05, 0) is 48.9 Å². The van der Waals surface area contributed by atoms with Crippen molar-refractivity contribution < 1.29 is 19.4 Å². The van der Waals surface area contributed by atoms with E-state index < -0.39 is 11.8 Å². The van der Waals surface area contributed by atoms with Gasteiger partial charge in [-0.3, -0.25) is 9.59 Å². The van der Waals surface area contributed by atoms with Gasteiger partial charge in [0.2, 0.25) is 0 Å². The molecule has 25 heavy (non-hydrogen) atoms. The van der Waals surface area contributed by atoms with Crippen molar-refractivity contribution in [3.05, 3.63) is 53.1 Å². The lowest BCUT2D eigenvalue weighted by Gasteiger charge is -2.06. The number of phenols is 1. The van der Waals surface area contributed by atoms with Crippen molar-refractivity contribution >= 4 is 35.3 Å². The van der Waals surface area contributed by atoms with Gasteiger partial charge in [-0.25, -0.2) is 5.43 Å². The first-order chi connectivity index (χ1) is 12.0. The molecule has 0 aromatic heterocycles. The molecule has 2 amide bonds. The first kappa shape index (κ1) is 18.3. The summed E-state index contributed by atoms with van der Waals surface area (Å²) >= 11 is 5.80. The van der Waals surface area contributed by atoms with E-state index in [1.54, 1.807) is 37.3 Å². The number of amides is 2. The molecule has 0 atom stereocenters. The Hall–Kier alpha value is -3.06. The van der Waals surface area contributed by atoms with Crippen LogP contribution in [0.3, 0.4) is 0 Å². The zero-order valence-corrected chi connectivity index (χ0v) is 14.1. The number of carbonyl (C=O) groups excluding carboxylic acids is 2. The van der Waals surface area contributed by atoms with E-state index in [0.29, 0.717) is 28.6 Å². The summed E-state index contributed by atoms with van der Waals surface area (Å²) in [5.74, 6) is -1.50. The van der Waals surface area contributed by atoms with Crippen LogP contribution in [0.5, 0.6) is 11.5 Å². The number of nitrogens with zero attached hydrogens (tertiary/aromatic N) is 1. The molecule has 0 fully saturated rings. The largest absolute Gasteiger partial charge is 0.504 e. The average molecular weight is 362 g/mol. The fourth-order valence-electron chi connectivity index (χ4n) is 1.85. The third kappa shape index (κ3) is 5.50. The Morgan fingerprint density at radius 2 is 2.04 bits per heavy atom. The molecule has 0 saturated carbocycles. The zero-order valence-electron chi connectivity index (χ0n) is 13.3. The van der Waals surface area contributed by atoms with E-state index in [0.717, 1.165) is 0 Å². The lowest BCUT2D eigenvalue weighted by Crippen LogP contribution is -2.32. The molecule has 3 N–H and O–H groups in total. The van der Waals surface area contributed by atoms with Crippen LogP contribution >= 0.6 is 11.6 Å². The van der Waals surface area contributed by atoms with E-state index >= 15 is 0 Å². The third-order valence-electron chi connectivity index (χ3n) is 2.95. The van der Waals surface area contributed by atoms with Crippen molar-refractivity contribution in [3.8, 4) is 11.5 Å². The minimum absolute atomic E-state index is 0.00364. The number of ether oxygens (including phenoxy) is 1. The minimum atomic E-state index is -0.931. The van der Waals surface area contributed by atoms with Gasteiger partial charge in [-0.1, -0.05) is 17.7 Å². The molecule has 0 aliphatic carbocycles. The summed E-state index contributed by atoms with van der Waals surface area (Å²) in [6.45, 7) is 2.19. The highest BCUT2D eigenvalue weighted by Crippen LogP contribution is 2.26. The number of aromatic hydroxyl groups is 1. The minimum Gasteiger partial charge on any atom is -0.504 e. The molecule has 0 bridgehead atoms. The number of nitrogens with one attached hydrogen (secondary N) is 2. The second kappa shape index (κ2) is 8.70. The van der Waals surface area contributed by atoms with Crippen molar-refractivity contribution in [2.45, 2.75) is 6.92 Å². The standard InChI is InChI=1S/C17H16ClN3O4/c1-2-25-15-8-11(6-7-14(15)22)10-19-21-17(24)16(23)20-13-5-3-4-12(18)9-13/h3-10,22H,2H2,1H3,(H,20,23)(H,21,24)/b19-10+. The van der Waals surface area contributed by atoms with Crippen molar-refractivity contribution in [3.63, 3.8) is 0 Å². The van der Waals surface area contributed by atoms with Crippen LogP contribution in [0.15, 0.2) is 47.6 Å². The molecular formula is C17H16ClN3O4. The van der Waals surface area contributed by atoms with E-state index in [9.17, 15) is 14.7 Å². The van der Waals surface area contributed by atoms with Crippen LogP contribution in [0.25, 0.3) is 0 Å². The lowest BCUT2D eigenvalue weighted by molar-refractivity contribution is -0.136. The van der Waals surface area contributed by atoms with Crippen molar-refractivity contribution in [2.24, 2.45) is 5.10 Å². The van der Waals surface area contributed by atoms with Crippen LogP contribution in [0.4, 0.5) is 5.69 Å². The molecule has 0 heterocycles. The Labute approximate surface area is 149 Å². The molecule has 130 valence electrons. The SMILES string of the molecule is CCOc1cc(/C=N/NC(=O)C(=O)Nc2cccc(Cl)c2)ccc1O. The maximum atomic E-state index is 11.8. The molecular weight excluding hydrogens is 346 g/mol. The van der Waals surface area contributed by atoms with Gasteiger partial charge in [0.15, 0.2) is 11.5 Å². The van der Waals surface area contributed by atoms with Gasteiger partial charge >= 0.3 is 11.8 Å². The summed E-state index contributed by atoms with van der Waals surface area (Å²) < 4.78 is 5.25. The smallest absolute Gasteiger partial charge is 0.329 e. The Balaban J connectivity index is 1.93. The fourth-order valence-corrected chi connectivity index (χ4v) is 2.04. The Kier molecular flexibility index (Phi) is 6.36. The van der Waals surface area contributed by atoms with Crippen LogP contribution in [0.2, 0.25) is 5.02 Å². The predicted molar refractivity (Wildman–Crippen MR) is 95.1 cm³/mol. The quantitative estimate of drug-likeness (QED) is 0.433. The summed E-state index contributed by atoms with van der Waals surface area (Å²) in [4.78, 5) is 23.5. The van der Waals surface area contributed by atoms with Gasteiger partial charge in [0.25, 0.3) is 0 Å². The summed E-state index contributed by atoms with van der Waals surface area (Å²) in [5.41, 5.74) is 3.09. The Morgan fingerprint density at radius 1 is 1.24 bits per heavy atom. The van der Waals surface area contributed by atoms with Crippen molar-refractivity contribution in [1.82, 2.24) is 5.43 Å². The molecule has 2 rings (SSSR count). The average Bonchev–Trinajstić information content (AvgIpc) is 2.58. The monoisotopic (exact) mass is 361 g/mol. The topological polar surface area (TPSA) is 100 Å². The molecule has 2 aromatic carbocycles. The zero-order chi connectivity index (χ0) is 18.2. The number of hydrazone groups is 1. The van der Waals surface area contributed by atoms with Gasteiger partial charge in [0.05, 0.1) is 12.8 Å². The summed E-state index contributed by atoms with van der Waals surface area (Å²) in [7, 11) is 0. The molecule has 2 aromatic rings. The lowest BCUT2D eigenvalue weighted by atomic mass is 10.2. The molecule has 0 aliphatic rings. The first-order valence-electron chi connectivity index (χ1n) is 7.35. The number of phenolic OH excluding ortho intramolecular Hbond substituents is 1. The van der Waals surface area contributed by atoms with Crippen molar-refractivity contribution in [2.75, 3.05) is 11.9 Å². The number of hydrogen-bond donors (Lipinski definition) is 3. The van der Waals surface area contributed by atoms with Crippen LogP contribution < -0.4 is 15.5 Å². The molecule has 0 spiro atoms. The van der Waals surface area contributed by atoms with Gasteiger partial charge in [-0.15, -0.1) is 0 Å². The summed E-state index contributed by atoms with van der Waals surface area (Å²) in [6.07, 6.45) is 1.33. The molecule has 0 radical (unpaired) electrons. The molecule has 7 nitrogen and oxygen atoms in total. The Morgan fingerprint density at radius 3 is 2.76 bits per heavy atom. The highest BCUT2D eigenvalue weighted by Gasteiger charge is 2.12. The van der Waals surface area contributed by atoms with Gasteiger partial charge in [0, 0.05) is 10.7 Å². The number of benzene rings is 2. The van der Waals surface area contributed by atoms with E-state index in [-0.39, 0.29) is 5.75 Å². The Bertz CT molecular complexity index is 808. The number of anilines is 1. The van der Waals surface area contributed by atoms with Crippen LogP contribution in [0, 0.1) is 0 Å². The van der Waals surface area contributed by atoms with E-state index in [2.05, 4.69) is 15.8 Å². The number of rotatable bonds is 5. The van der Waals surface area contributed by atoms with Crippen LogP contribution in [0.1, 0.15) is 12.5 Å². The highest BCUT2D eigenvalue weighted by atomic mass is 35.5. The first-order valence-corrected chi connectivity index (χ1v) is 7.73. The second-order valence-corrected chi connectivity index (χ2v) is 5.26. The van der Waals surface area contributed by atoms with E-state index in [4.69, 9.17) is 16.3 Å². The van der Waals surface area contributed by atoms with Crippen LogP contribution in [-0.4, -0.2) is 29.7 Å². The van der Waals surface area contributed by atoms with Gasteiger partial charge in [0.1, 0.15) is 0 Å². The van der Waals surface area contributed by atoms with Gasteiger partial charge < -0.3 is 15.2 Å². The molecule has 0 unspecified atom stereocenters. The summed E-state index contributed by atoms with van der Waals surface area (Å²) in [6, 6.07) is 11.0. The highest BCUT2D eigenvalue weighted by molar-refractivity contribution is 6.39. The molecule has 0 saturated heterocycles. The summed E-state index contributed by atoms with van der Waals surface area (Å²) in [5, 5.41) is 16.2. The number of halogens is 1. The fraction of sp³-hybridized carbons (Fsp3) is 0.118. The maximum absolute atomic E-state index is 11.8. The maximum Gasteiger partial charge on any atom is 0.329 e. The predicted octanol–water partition coefficient (Wildman–Crippen LogP) is 2.53. The normalized spacial score (nSPS) is 10.5. The van der Waals surface area contributed by atoms with Crippen LogP contribution in [-0.2, 0) is 9.59 Å². The molecule has 8 heteroatoms. The number of carbonyl (C=O) groups is 2. The molecule has 0 aliphatic heterocycles. The number of hydrogen-bond acceptors (Lipinski definition) is 5. The third-order valence-corrected chi connectivity index (χ3v) is 3.19. The van der Waals surface area contributed by atoms with Crippen molar-refractivity contribution in [1.29, 1.82) is 0 Å². The van der Waals surface area contributed by atoms with Gasteiger partial charge in [-0.2, -0.15) is 5.10 Å². The van der Waals surface area contributed by atoms with E-state index in [1.165, 1.54) is 18.3 Å².